The molecule has 1 aliphatic heterocycles. The normalized spacial score (nSPS) is 16.4. The van der Waals surface area contributed by atoms with Crippen molar-refractivity contribution in [3.05, 3.63) is 133 Å². The lowest BCUT2D eigenvalue weighted by Crippen LogP contribution is -2.69. The number of cyclic esters (lactones) is 1. The van der Waals surface area contributed by atoms with E-state index in [1.54, 1.807) is 0 Å². The van der Waals surface area contributed by atoms with Crippen molar-refractivity contribution in [2.75, 3.05) is 13.2 Å². The van der Waals surface area contributed by atoms with E-state index < -0.39 is 22.2 Å². The SMILES string of the molecule is C/C=C1\CC(CO[Si](c2ccccc2)(c2ccccc2)C(C)(C)C)(CO[Si](c2ccccc2)(c2ccccc2)C(C)(C)C)OC1=O. The van der Waals surface area contributed by atoms with Crippen molar-refractivity contribution in [2.24, 2.45) is 0 Å². The molecule has 0 aliphatic carbocycles. The van der Waals surface area contributed by atoms with Crippen LogP contribution in [0, 0.1) is 0 Å². The van der Waals surface area contributed by atoms with Crippen LogP contribution >= 0.6 is 0 Å². The molecule has 46 heavy (non-hydrogen) atoms. The lowest BCUT2D eigenvalue weighted by molar-refractivity contribution is -0.152. The Balaban J connectivity index is 1.63. The molecule has 4 nitrogen and oxygen atoms in total. The van der Waals surface area contributed by atoms with E-state index in [2.05, 4.69) is 139 Å². The van der Waals surface area contributed by atoms with E-state index in [4.69, 9.17) is 13.6 Å². The van der Waals surface area contributed by atoms with Gasteiger partial charge in [0.25, 0.3) is 16.6 Å². The minimum atomic E-state index is -2.91. The van der Waals surface area contributed by atoms with Crippen LogP contribution in [0.4, 0.5) is 0 Å². The monoisotopic (exact) mass is 648 g/mol. The molecule has 4 aromatic carbocycles. The van der Waals surface area contributed by atoms with Crippen LogP contribution in [0.5, 0.6) is 0 Å². The Morgan fingerprint density at radius 3 is 1.15 bits per heavy atom. The predicted molar refractivity (Wildman–Crippen MR) is 194 cm³/mol. The van der Waals surface area contributed by atoms with Crippen LogP contribution in [-0.4, -0.2) is 41.4 Å². The van der Waals surface area contributed by atoms with Gasteiger partial charge in [-0.15, -0.1) is 0 Å². The van der Waals surface area contributed by atoms with Crippen molar-refractivity contribution in [1.82, 2.24) is 0 Å². The summed E-state index contributed by atoms with van der Waals surface area (Å²) in [5.74, 6) is -0.292. The van der Waals surface area contributed by atoms with Crippen LogP contribution in [0.15, 0.2) is 133 Å². The zero-order valence-electron chi connectivity index (χ0n) is 28.4. The molecule has 0 atom stereocenters. The molecule has 0 N–H and O–H groups in total. The highest BCUT2D eigenvalue weighted by Gasteiger charge is 2.56. The minimum Gasteiger partial charge on any atom is -0.451 e. The Hall–Kier alpha value is -3.56. The standard InChI is InChI=1S/C40H48O4Si2/c1-8-32-29-40(44-37(32)41,30-42-45(38(2,3)4,33-21-13-9-14-22-33)34-23-15-10-16-24-34)31-43-46(39(5,6)7,35-25-17-11-18-26-35)36-27-19-12-20-28-36/h8-28H,29-31H2,1-7H3/b32-8+. The first-order valence-corrected chi connectivity index (χ1v) is 20.1. The van der Waals surface area contributed by atoms with Gasteiger partial charge in [-0.25, -0.2) is 4.79 Å². The van der Waals surface area contributed by atoms with E-state index in [1.807, 2.05) is 37.3 Å². The van der Waals surface area contributed by atoms with Crippen molar-refractivity contribution in [3.63, 3.8) is 0 Å². The number of ether oxygens (including phenoxy) is 1. The van der Waals surface area contributed by atoms with E-state index in [1.165, 1.54) is 20.7 Å². The van der Waals surface area contributed by atoms with E-state index in [9.17, 15) is 4.79 Å². The molecule has 0 bridgehead atoms. The third kappa shape index (κ3) is 6.24. The molecule has 1 heterocycles. The summed E-state index contributed by atoms with van der Waals surface area (Å²) < 4.78 is 21.3. The Morgan fingerprint density at radius 2 is 0.913 bits per heavy atom. The maximum absolute atomic E-state index is 13.4. The molecule has 5 rings (SSSR count). The summed E-state index contributed by atoms with van der Waals surface area (Å²) in [5, 5.41) is 4.31. The summed E-state index contributed by atoms with van der Waals surface area (Å²) in [4.78, 5) is 13.4. The van der Waals surface area contributed by atoms with Gasteiger partial charge in [-0.3, -0.25) is 0 Å². The molecular formula is C40H48O4Si2. The van der Waals surface area contributed by atoms with Crippen LogP contribution in [0.3, 0.4) is 0 Å². The molecule has 0 amide bonds. The average Bonchev–Trinajstić information content (AvgIpc) is 3.37. The van der Waals surface area contributed by atoms with E-state index in [0.717, 1.165) is 0 Å². The van der Waals surface area contributed by atoms with E-state index in [-0.39, 0.29) is 29.3 Å². The molecule has 1 saturated heterocycles. The molecule has 1 aliphatic rings. The fourth-order valence-corrected chi connectivity index (χ4v) is 16.4. The summed E-state index contributed by atoms with van der Waals surface area (Å²) in [6, 6.07) is 42.4. The Bertz CT molecular complexity index is 1440. The molecular weight excluding hydrogens is 601 g/mol. The topological polar surface area (TPSA) is 44.8 Å². The molecule has 0 aromatic heterocycles. The van der Waals surface area contributed by atoms with Crippen LogP contribution in [-0.2, 0) is 18.4 Å². The molecule has 4 aromatic rings. The van der Waals surface area contributed by atoms with Gasteiger partial charge < -0.3 is 13.6 Å². The van der Waals surface area contributed by atoms with Gasteiger partial charge in [-0.05, 0) is 37.7 Å². The second kappa shape index (κ2) is 13.3. The number of benzene rings is 4. The zero-order valence-corrected chi connectivity index (χ0v) is 30.4. The van der Waals surface area contributed by atoms with Gasteiger partial charge in [-0.2, -0.15) is 0 Å². The number of esters is 1. The lowest BCUT2D eigenvalue weighted by Gasteiger charge is -2.46. The van der Waals surface area contributed by atoms with Crippen molar-refractivity contribution in [3.8, 4) is 0 Å². The summed E-state index contributed by atoms with van der Waals surface area (Å²) in [6.45, 7) is 15.9. The van der Waals surface area contributed by atoms with Crippen molar-refractivity contribution >= 4 is 43.4 Å². The predicted octanol–water partition coefficient (Wildman–Crippen LogP) is 6.77. The Kier molecular flexibility index (Phi) is 9.76. The highest BCUT2D eigenvalue weighted by molar-refractivity contribution is 7.00. The first-order valence-electron chi connectivity index (χ1n) is 16.3. The number of allylic oxidation sites excluding steroid dienone is 1. The molecule has 1 fully saturated rings. The fourth-order valence-electron chi connectivity index (χ4n) is 7.14. The van der Waals surface area contributed by atoms with Crippen molar-refractivity contribution < 1.29 is 18.4 Å². The third-order valence-electron chi connectivity index (χ3n) is 9.37. The first-order chi connectivity index (χ1) is 21.9. The fraction of sp³-hybridized carbons (Fsp3) is 0.325. The van der Waals surface area contributed by atoms with Crippen LogP contribution in [0.2, 0.25) is 10.1 Å². The molecule has 0 unspecified atom stereocenters. The summed E-state index contributed by atoms with van der Waals surface area (Å²) in [6.07, 6.45) is 2.30. The third-order valence-corrected chi connectivity index (χ3v) is 19.3. The zero-order chi connectivity index (χ0) is 33.1. The molecule has 0 spiro atoms. The van der Waals surface area contributed by atoms with Crippen LogP contribution < -0.4 is 20.7 Å². The number of hydrogen-bond acceptors (Lipinski definition) is 4. The molecule has 240 valence electrons. The smallest absolute Gasteiger partial charge is 0.334 e. The van der Waals surface area contributed by atoms with E-state index >= 15 is 0 Å². The Labute approximate surface area is 277 Å². The summed E-state index contributed by atoms with van der Waals surface area (Å²) in [7, 11) is -5.82. The summed E-state index contributed by atoms with van der Waals surface area (Å²) in [5.41, 5.74) is -0.323. The maximum Gasteiger partial charge on any atom is 0.334 e. The van der Waals surface area contributed by atoms with Crippen molar-refractivity contribution in [1.29, 1.82) is 0 Å². The first kappa shape index (κ1) is 33.8. The largest absolute Gasteiger partial charge is 0.451 e. The van der Waals surface area contributed by atoms with Gasteiger partial charge in [-0.1, -0.05) is 169 Å². The second-order valence-corrected chi connectivity index (χ2v) is 23.1. The second-order valence-electron chi connectivity index (χ2n) is 14.5. The van der Waals surface area contributed by atoms with Gasteiger partial charge in [0.15, 0.2) is 5.60 Å². The molecule has 0 saturated carbocycles. The van der Waals surface area contributed by atoms with Gasteiger partial charge in [0, 0.05) is 12.0 Å². The van der Waals surface area contributed by atoms with Crippen LogP contribution in [0.1, 0.15) is 54.9 Å². The molecule has 0 radical (unpaired) electrons. The number of carbonyl (C=O) groups is 1. The van der Waals surface area contributed by atoms with Gasteiger partial charge >= 0.3 is 5.97 Å². The lowest BCUT2D eigenvalue weighted by atomic mass is 10.00. The average molecular weight is 649 g/mol. The number of hydrogen-bond donors (Lipinski definition) is 0. The van der Waals surface area contributed by atoms with Gasteiger partial charge in [0.2, 0.25) is 0 Å². The number of rotatable bonds is 10. The van der Waals surface area contributed by atoms with Crippen LogP contribution in [0.25, 0.3) is 0 Å². The van der Waals surface area contributed by atoms with Gasteiger partial charge in [0.1, 0.15) is 0 Å². The maximum atomic E-state index is 13.4. The van der Waals surface area contributed by atoms with Crippen molar-refractivity contribution in [2.45, 2.75) is 70.6 Å². The van der Waals surface area contributed by atoms with E-state index in [0.29, 0.717) is 12.0 Å². The summed E-state index contributed by atoms with van der Waals surface area (Å²) >= 11 is 0. The highest BCUT2D eigenvalue weighted by atomic mass is 28.4. The quantitative estimate of drug-likeness (QED) is 0.108. The number of carbonyl (C=O) groups excluding carboxylic acids is 1. The van der Waals surface area contributed by atoms with Gasteiger partial charge in [0.05, 0.1) is 13.2 Å². The molecule has 6 heteroatoms. The Morgan fingerprint density at radius 1 is 0.609 bits per heavy atom. The highest BCUT2D eigenvalue weighted by Crippen LogP contribution is 2.42. The minimum absolute atomic E-state index is 0.220.